The number of rotatable bonds is 6. The van der Waals surface area contributed by atoms with Crippen molar-refractivity contribution in [1.29, 1.82) is 0 Å². The Labute approximate surface area is 107 Å². The highest BCUT2D eigenvalue weighted by atomic mass is 32.1. The van der Waals surface area contributed by atoms with Crippen LogP contribution in [0.2, 0.25) is 0 Å². The molecule has 96 valence electrons. The van der Waals surface area contributed by atoms with Gasteiger partial charge in [-0.15, -0.1) is 11.3 Å². The van der Waals surface area contributed by atoms with Crippen molar-refractivity contribution in [2.75, 3.05) is 13.6 Å². The van der Waals surface area contributed by atoms with E-state index >= 15 is 0 Å². The smallest absolute Gasteiger partial charge is 0.224 e. The highest BCUT2D eigenvalue weighted by Crippen LogP contribution is 2.17. The SMILES string of the molecule is CNCC(C)C(=O)NCc1nc(C(C)C)cs1. The lowest BCUT2D eigenvalue weighted by molar-refractivity contribution is -0.124. The largest absolute Gasteiger partial charge is 0.349 e. The van der Waals surface area contributed by atoms with Gasteiger partial charge in [-0.2, -0.15) is 0 Å². The van der Waals surface area contributed by atoms with Gasteiger partial charge in [-0.05, 0) is 13.0 Å². The zero-order chi connectivity index (χ0) is 12.8. The predicted molar refractivity (Wildman–Crippen MR) is 71.1 cm³/mol. The molecule has 0 saturated heterocycles. The number of carbonyl (C=O) groups is 1. The molecule has 0 bridgehead atoms. The molecule has 1 atom stereocenters. The molecule has 1 unspecified atom stereocenters. The Morgan fingerprint density at radius 1 is 1.47 bits per heavy atom. The first-order valence-electron chi connectivity index (χ1n) is 5.91. The molecule has 17 heavy (non-hydrogen) atoms. The van der Waals surface area contributed by atoms with E-state index in [-0.39, 0.29) is 11.8 Å². The first-order chi connectivity index (χ1) is 8.04. The van der Waals surface area contributed by atoms with Gasteiger partial charge in [0.2, 0.25) is 5.91 Å². The van der Waals surface area contributed by atoms with Crippen LogP contribution in [0.3, 0.4) is 0 Å². The summed E-state index contributed by atoms with van der Waals surface area (Å²) < 4.78 is 0. The Morgan fingerprint density at radius 2 is 2.18 bits per heavy atom. The highest BCUT2D eigenvalue weighted by Gasteiger charge is 2.12. The molecule has 0 saturated carbocycles. The molecule has 1 aromatic heterocycles. The lowest BCUT2D eigenvalue weighted by atomic mass is 10.1. The van der Waals surface area contributed by atoms with E-state index in [9.17, 15) is 4.79 Å². The maximum atomic E-state index is 11.7. The first-order valence-corrected chi connectivity index (χ1v) is 6.79. The van der Waals surface area contributed by atoms with Gasteiger partial charge in [0.15, 0.2) is 0 Å². The van der Waals surface area contributed by atoms with Crippen molar-refractivity contribution in [3.63, 3.8) is 0 Å². The van der Waals surface area contributed by atoms with E-state index in [0.717, 1.165) is 10.7 Å². The van der Waals surface area contributed by atoms with Crippen molar-refractivity contribution in [3.05, 3.63) is 16.1 Å². The van der Waals surface area contributed by atoms with E-state index in [4.69, 9.17) is 0 Å². The van der Waals surface area contributed by atoms with Crippen LogP contribution < -0.4 is 10.6 Å². The van der Waals surface area contributed by atoms with Crippen LogP contribution in [0.1, 0.15) is 37.4 Å². The fourth-order valence-corrected chi connectivity index (χ4v) is 2.30. The minimum absolute atomic E-state index is 0.00969. The van der Waals surface area contributed by atoms with E-state index in [2.05, 4.69) is 34.8 Å². The summed E-state index contributed by atoms with van der Waals surface area (Å²) in [6.45, 7) is 7.37. The fourth-order valence-electron chi connectivity index (χ4n) is 1.41. The van der Waals surface area contributed by atoms with Crippen LogP contribution in [0.4, 0.5) is 0 Å². The average Bonchev–Trinajstić information content (AvgIpc) is 2.75. The van der Waals surface area contributed by atoms with Crippen LogP contribution >= 0.6 is 11.3 Å². The molecular weight excluding hydrogens is 234 g/mol. The number of carbonyl (C=O) groups excluding carboxylic acids is 1. The number of thiazole rings is 1. The fraction of sp³-hybridized carbons (Fsp3) is 0.667. The zero-order valence-corrected chi connectivity index (χ0v) is 11.7. The van der Waals surface area contributed by atoms with Crippen LogP contribution in [0, 0.1) is 5.92 Å². The minimum atomic E-state index is -0.00969. The van der Waals surface area contributed by atoms with Crippen LogP contribution in [-0.4, -0.2) is 24.5 Å². The standard InChI is InChI=1S/C12H21N3OS/c1-8(2)10-7-17-11(15-10)6-14-12(16)9(3)5-13-4/h7-9,13H,5-6H2,1-4H3,(H,14,16). The van der Waals surface area contributed by atoms with Crippen LogP contribution in [0.25, 0.3) is 0 Å². The summed E-state index contributed by atoms with van der Waals surface area (Å²) >= 11 is 1.60. The lowest BCUT2D eigenvalue weighted by Crippen LogP contribution is -2.33. The number of hydrogen-bond acceptors (Lipinski definition) is 4. The van der Waals surface area contributed by atoms with Gasteiger partial charge in [0.05, 0.1) is 12.2 Å². The molecule has 1 rings (SSSR count). The summed E-state index contributed by atoms with van der Waals surface area (Å²) in [5, 5.41) is 8.93. The Morgan fingerprint density at radius 3 is 2.71 bits per heavy atom. The van der Waals surface area contributed by atoms with E-state index in [1.807, 2.05) is 14.0 Å². The monoisotopic (exact) mass is 255 g/mol. The summed E-state index contributed by atoms with van der Waals surface area (Å²) in [6, 6.07) is 0. The van der Waals surface area contributed by atoms with Crippen molar-refractivity contribution >= 4 is 17.2 Å². The second kappa shape index (κ2) is 6.71. The Hall–Kier alpha value is -0.940. The number of aromatic nitrogens is 1. The van der Waals surface area contributed by atoms with Gasteiger partial charge in [-0.3, -0.25) is 4.79 Å². The third-order valence-electron chi connectivity index (χ3n) is 2.53. The van der Waals surface area contributed by atoms with E-state index in [1.54, 1.807) is 11.3 Å². The van der Waals surface area contributed by atoms with Gasteiger partial charge in [0.25, 0.3) is 0 Å². The molecule has 1 heterocycles. The van der Waals surface area contributed by atoms with Crippen molar-refractivity contribution in [1.82, 2.24) is 15.6 Å². The van der Waals surface area contributed by atoms with Crippen molar-refractivity contribution in [2.24, 2.45) is 5.92 Å². The van der Waals surface area contributed by atoms with E-state index < -0.39 is 0 Å². The number of amides is 1. The molecule has 0 fully saturated rings. The summed E-state index contributed by atoms with van der Waals surface area (Å²) in [6.07, 6.45) is 0. The Balaban J connectivity index is 2.41. The number of nitrogens with zero attached hydrogens (tertiary/aromatic N) is 1. The van der Waals surface area contributed by atoms with Crippen LogP contribution in [-0.2, 0) is 11.3 Å². The maximum Gasteiger partial charge on any atom is 0.224 e. The van der Waals surface area contributed by atoms with Crippen LogP contribution in [0.15, 0.2) is 5.38 Å². The van der Waals surface area contributed by atoms with Gasteiger partial charge >= 0.3 is 0 Å². The molecule has 0 aliphatic heterocycles. The van der Waals surface area contributed by atoms with Gasteiger partial charge in [-0.1, -0.05) is 20.8 Å². The Kier molecular flexibility index (Phi) is 5.58. The van der Waals surface area contributed by atoms with Gasteiger partial charge in [0, 0.05) is 17.8 Å². The van der Waals surface area contributed by atoms with E-state index in [1.165, 1.54) is 0 Å². The van der Waals surface area contributed by atoms with E-state index in [0.29, 0.717) is 19.0 Å². The molecule has 0 aromatic carbocycles. The van der Waals surface area contributed by atoms with Gasteiger partial charge in [-0.25, -0.2) is 4.98 Å². The molecule has 2 N–H and O–H groups in total. The maximum absolute atomic E-state index is 11.7. The molecule has 0 spiro atoms. The minimum Gasteiger partial charge on any atom is -0.349 e. The lowest BCUT2D eigenvalue weighted by Gasteiger charge is -2.10. The second-order valence-electron chi connectivity index (χ2n) is 4.50. The zero-order valence-electron chi connectivity index (χ0n) is 10.9. The number of hydrogen-bond donors (Lipinski definition) is 2. The molecule has 0 radical (unpaired) electrons. The Bertz CT molecular complexity index is 362. The van der Waals surface area contributed by atoms with Crippen molar-refractivity contribution in [3.8, 4) is 0 Å². The third kappa shape index (κ3) is 4.44. The number of nitrogens with one attached hydrogen (secondary N) is 2. The second-order valence-corrected chi connectivity index (χ2v) is 5.44. The van der Waals surface area contributed by atoms with Crippen molar-refractivity contribution in [2.45, 2.75) is 33.2 Å². The molecule has 1 amide bonds. The van der Waals surface area contributed by atoms with Gasteiger partial charge in [0.1, 0.15) is 5.01 Å². The molecule has 4 nitrogen and oxygen atoms in total. The molecular formula is C12H21N3OS. The summed E-state index contributed by atoms with van der Waals surface area (Å²) in [5.74, 6) is 0.504. The van der Waals surface area contributed by atoms with Gasteiger partial charge < -0.3 is 10.6 Å². The topological polar surface area (TPSA) is 54.0 Å². The summed E-state index contributed by atoms with van der Waals surface area (Å²) in [7, 11) is 1.85. The quantitative estimate of drug-likeness (QED) is 0.814. The molecule has 0 aliphatic carbocycles. The first kappa shape index (κ1) is 14.1. The molecule has 1 aromatic rings. The summed E-state index contributed by atoms with van der Waals surface area (Å²) in [5.41, 5.74) is 1.10. The third-order valence-corrected chi connectivity index (χ3v) is 3.40. The van der Waals surface area contributed by atoms with Crippen molar-refractivity contribution < 1.29 is 4.79 Å². The summed E-state index contributed by atoms with van der Waals surface area (Å²) in [4.78, 5) is 16.1. The normalized spacial score (nSPS) is 12.8. The molecule has 5 heteroatoms. The van der Waals surface area contributed by atoms with Crippen LogP contribution in [0.5, 0.6) is 0 Å². The molecule has 0 aliphatic rings. The predicted octanol–water partition coefficient (Wildman–Crippen LogP) is 1.74. The highest BCUT2D eigenvalue weighted by molar-refractivity contribution is 7.09. The average molecular weight is 255 g/mol.